The quantitative estimate of drug-likeness (QED) is 0.645. The lowest BCUT2D eigenvalue weighted by molar-refractivity contribution is 0.500. The number of rotatable bonds is 3. The molecule has 4 nitrogen and oxygen atoms in total. The molecule has 4 rings (SSSR count). The molecule has 0 aromatic heterocycles. The minimum absolute atomic E-state index is 0.0307. The van der Waals surface area contributed by atoms with Crippen molar-refractivity contribution in [3.63, 3.8) is 0 Å². The molecule has 0 saturated carbocycles. The Morgan fingerprint density at radius 2 is 1.69 bits per heavy atom. The van der Waals surface area contributed by atoms with Crippen LogP contribution in [0, 0.1) is 17.1 Å². The largest absolute Gasteiger partial charge is 0.374 e. The van der Waals surface area contributed by atoms with E-state index in [1.807, 2.05) is 6.07 Å². The van der Waals surface area contributed by atoms with Crippen LogP contribution in [0.4, 0.5) is 10.1 Å². The Kier molecular flexibility index (Phi) is 4.81. The summed E-state index contributed by atoms with van der Waals surface area (Å²) in [6, 6.07) is 20.1. The molecule has 0 bridgehead atoms. The molecule has 7 heteroatoms. The molecule has 0 amide bonds. The molecule has 0 saturated heterocycles. The predicted octanol–water partition coefficient (Wildman–Crippen LogP) is 4.92. The highest BCUT2D eigenvalue weighted by Gasteiger charge is 2.56. The maximum absolute atomic E-state index is 14.4. The zero-order valence-corrected chi connectivity index (χ0v) is 16.7. The van der Waals surface area contributed by atoms with E-state index in [0.717, 1.165) is 0 Å². The minimum Gasteiger partial charge on any atom is -0.374 e. The van der Waals surface area contributed by atoms with Gasteiger partial charge in [0.1, 0.15) is 5.82 Å². The lowest BCUT2D eigenvalue weighted by atomic mass is 9.87. The molecular formula is C22H16ClFN2O2S. The summed E-state index contributed by atoms with van der Waals surface area (Å²) in [6.07, 6.45) is -0.298. The first-order chi connectivity index (χ1) is 13.9. The van der Waals surface area contributed by atoms with Crippen LogP contribution < -0.4 is 5.32 Å². The Morgan fingerprint density at radius 3 is 2.38 bits per heavy atom. The van der Waals surface area contributed by atoms with Gasteiger partial charge in [-0.25, -0.2) is 12.8 Å². The van der Waals surface area contributed by atoms with Gasteiger partial charge in [0, 0.05) is 11.4 Å². The predicted molar refractivity (Wildman–Crippen MR) is 110 cm³/mol. The Morgan fingerprint density at radius 1 is 1.03 bits per heavy atom. The lowest BCUT2D eigenvalue weighted by Gasteiger charge is -2.40. The van der Waals surface area contributed by atoms with Gasteiger partial charge in [-0.1, -0.05) is 54.1 Å². The van der Waals surface area contributed by atoms with Gasteiger partial charge < -0.3 is 5.32 Å². The van der Waals surface area contributed by atoms with Gasteiger partial charge in [-0.05, 0) is 41.5 Å². The number of fused-ring (bicyclic) bond motifs is 1. The molecule has 1 N–H and O–H groups in total. The van der Waals surface area contributed by atoms with Crippen LogP contribution in [0.5, 0.6) is 0 Å². The first-order valence-corrected chi connectivity index (χ1v) is 10.8. The first-order valence-electron chi connectivity index (χ1n) is 8.89. The first kappa shape index (κ1) is 19.4. The molecule has 0 radical (unpaired) electrons. The standard InChI is InChI=1S/C22H16ClFN2O2S/c23-17-11-9-15(10-12-17)21-22(14-25,13-16-5-1-2-6-18(16)24)29(27,28)20-8-4-3-7-19(20)26-21/h1-12,21,26H,13H2. The molecule has 0 spiro atoms. The molecule has 29 heavy (non-hydrogen) atoms. The number of nitriles is 1. The Balaban J connectivity index is 1.98. The molecule has 1 heterocycles. The number of hydrogen-bond acceptors (Lipinski definition) is 4. The van der Waals surface area contributed by atoms with Gasteiger partial charge in [0.15, 0.2) is 4.75 Å². The second-order valence-electron chi connectivity index (χ2n) is 6.90. The summed E-state index contributed by atoms with van der Waals surface area (Å²) in [5.41, 5.74) is 1.15. The van der Waals surface area contributed by atoms with Gasteiger partial charge in [0.05, 0.1) is 22.7 Å². The van der Waals surface area contributed by atoms with E-state index in [9.17, 15) is 18.1 Å². The molecule has 3 aromatic rings. The van der Waals surface area contributed by atoms with Crippen molar-refractivity contribution in [3.05, 3.63) is 94.8 Å². The summed E-state index contributed by atoms with van der Waals surface area (Å²) in [4.78, 5) is 0.0307. The zero-order valence-electron chi connectivity index (χ0n) is 15.1. The number of nitrogens with zero attached hydrogens (tertiary/aromatic N) is 1. The van der Waals surface area contributed by atoms with Gasteiger partial charge in [0.2, 0.25) is 9.84 Å². The van der Waals surface area contributed by atoms with Gasteiger partial charge in [-0.3, -0.25) is 0 Å². The van der Waals surface area contributed by atoms with Gasteiger partial charge in [0.25, 0.3) is 0 Å². The van der Waals surface area contributed by atoms with Crippen molar-refractivity contribution in [3.8, 4) is 6.07 Å². The smallest absolute Gasteiger partial charge is 0.202 e. The van der Waals surface area contributed by atoms with Crippen molar-refractivity contribution in [1.82, 2.24) is 0 Å². The Hall–Kier alpha value is -2.88. The van der Waals surface area contributed by atoms with Crippen LogP contribution >= 0.6 is 11.6 Å². The highest BCUT2D eigenvalue weighted by atomic mass is 35.5. The molecule has 1 aliphatic heterocycles. The van der Waals surface area contributed by atoms with Crippen molar-refractivity contribution in [2.24, 2.45) is 0 Å². The van der Waals surface area contributed by atoms with Gasteiger partial charge in [-0.2, -0.15) is 5.26 Å². The van der Waals surface area contributed by atoms with Crippen molar-refractivity contribution >= 4 is 27.1 Å². The van der Waals surface area contributed by atoms with Crippen LogP contribution in [0.1, 0.15) is 17.2 Å². The monoisotopic (exact) mass is 426 g/mol. The number of sulfone groups is 1. The van der Waals surface area contributed by atoms with E-state index < -0.39 is 26.4 Å². The second kappa shape index (κ2) is 7.18. The van der Waals surface area contributed by atoms with E-state index in [2.05, 4.69) is 5.32 Å². The van der Waals surface area contributed by atoms with Crippen molar-refractivity contribution in [2.45, 2.75) is 22.1 Å². The van der Waals surface area contributed by atoms with Crippen LogP contribution in [0.25, 0.3) is 0 Å². The second-order valence-corrected chi connectivity index (χ2v) is 9.51. The molecule has 146 valence electrons. The van der Waals surface area contributed by atoms with E-state index in [-0.39, 0.29) is 16.9 Å². The Bertz CT molecular complexity index is 1220. The number of nitrogens with one attached hydrogen (secondary N) is 1. The van der Waals surface area contributed by atoms with Crippen LogP contribution in [0.15, 0.2) is 77.7 Å². The highest BCUT2D eigenvalue weighted by molar-refractivity contribution is 7.93. The third-order valence-electron chi connectivity index (χ3n) is 5.23. The van der Waals surface area contributed by atoms with E-state index in [1.165, 1.54) is 24.3 Å². The lowest BCUT2D eigenvalue weighted by Crippen LogP contribution is -2.51. The minimum atomic E-state index is -4.14. The zero-order chi connectivity index (χ0) is 20.6. The average Bonchev–Trinajstić information content (AvgIpc) is 2.72. The maximum atomic E-state index is 14.4. The molecule has 1 aliphatic rings. The fraction of sp³-hybridized carbons (Fsp3) is 0.136. The van der Waals surface area contributed by atoms with E-state index >= 15 is 0 Å². The normalized spacial score (nSPS) is 22.2. The van der Waals surface area contributed by atoms with E-state index in [0.29, 0.717) is 16.3 Å². The third kappa shape index (κ3) is 3.07. The summed E-state index contributed by atoms with van der Waals surface area (Å²) in [5, 5.41) is 13.9. The fourth-order valence-electron chi connectivity index (χ4n) is 3.74. The summed E-state index contributed by atoms with van der Waals surface area (Å²) < 4.78 is 39.9. The SMILES string of the molecule is N#CC1(Cc2ccccc2F)C(c2ccc(Cl)cc2)Nc2ccccc2S1(=O)=O. The summed E-state index contributed by atoms with van der Waals surface area (Å²) in [7, 11) is -4.14. The number of para-hydroxylation sites is 1. The van der Waals surface area contributed by atoms with E-state index in [4.69, 9.17) is 11.6 Å². The van der Waals surface area contributed by atoms with Crippen molar-refractivity contribution < 1.29 is 12.8 Å². The molecule has 2 atom stereocenters. The van der Waals surface area contributed by atoms with Crippen molar-refractivity contribution in [1.29, 1.82) is 5.26 Å². The van der Waals surface area contributed by atoms with Crippen LogP contribution in [-0.2, 0) is 16.3 Å². The molecule has 0 fully saturated rings. The van der Waals surface area contributed by atoms with Crippen LogP contribution in [0.2, 0.25) is 5.02 Å². The van der Waals surface area contributed by atoms with Crippen LogP contribution in [-0.4, -0.2) is 13.2 Å². The highest BCUT2D eigenvalue weighted by Crippen LogP contribution is 2.48. The van der Waals surface area contributed by atoms with Crippen LogP contribution in [0.3, 0.4) is 0 Å². The fourth-order valence-corrected chi connectivity index (χ4v) is 5.90. The average molecular weight is 427 g/mol. The maximum Gasteiger partial charge on any atom is 0.202 e. The van der Waals surface area contributed by atoms with Gasteiger partial charge >= 0.3 is 0 Å². The Labute approximate surface area is 173 Å². The summed E-state index contributed by atoms with van der Waals surface area (Å²) in [6.45, 7) is 0. The van der Waals surface area contributed by atoms with E-state index in [1.54, 1.807) is 48.5 Å². The molecular weight excluding hydrogens is 411 g/mol. The third-order valence-corrected chi connectivity index (χ3v) is 7.84. The summed E-state index contributed by atoms with van der Waals surface area (Å²) >= 11 is 5.99. The van der Waals surface area contributed by atoms with Gasteiger partial charge in [-0.15, -0.1) is 0 Å². The number of halogens is 2. The molecule has 0 aliphatic carbocycles. The summed E-state index contributed by atoms with van der Waals surface area (Å²) in [5.74, 6) is -0.550. The van der Waals surface area contributed by atoms with Crippen molar-refractivity contribution in [2.75, 3.05) is 5.32 Å². The topological polar surface area (TPSA) is 70.0 Å². The number of anilines is 1. The number of benzene rings is 3. The number of hydrogen-bond donors (Lipinski definition) is 1. The molecule has 3 aromatic carbocycles. The molecule has 2 unspecified atom stereocenters.